The summed E-state index contributed by atoms with van der Waals surface area (Å²) in [7, 11) is 2.13. The van der Waals surface area contributed by atoms with Crippen LogP contribution in [0.1, 0.15) is 31.7 Å². The molecule has 1 aliphatic carbocycles. The lowest BCUT2D eigenvalue weighted by atomic mass is 9.91. The Morgan fingerprint density at radius 2 is 2.23 bits per heavy atom. The number of amides is 1. The molecule has 0 radical (unpaired) electrons. The van der Waals surface area contributed by atoms with Crippen molar-refractivity contribution in [1.29, 1.82) is 0 Å². The normalized spacial score (nSPS) is 27.4. The molecule has 120 valence electrons. The number of hydrogen-bond acceptors (Lipinski definition) is 2. The van der Waals surface area contributed by atoms with Crippen LogP contribution in [0.2, 0.25) is 0 Å². The van der Waals surface area contributed by atoms with Gasteiger partial charge in [-0.25, -0.2) is 4.39 Å². The van der Waals surface area contributed by atoms with E-state index in [1.807, 2.05) is 6.07 Å². The van der Waals surface area contributed by atoms with Crippen molar-refractivity contribution in [3.63, 3.8) is 0 Å². The molecule has 2 aliphatic rings. The predicted molar refractivity (Wildman–Crippen MR) is 85.0 cm³/mol. The highest BCUT2D eigenvalue weighted by atomic mass is 19.1. The maximum absolute atomic E-state index is 13.3. The van der Waals surface area contributed by atoms with Gasteiger partial charge in [0, 0.05) is 12.6 Å². The van der Waals surface area contributed by atoms with Crippen LogP contribution in [0.25, 0.3) is 0 Å². The highest BCUT2D eigenvalue weighted by molar-refractivity contribution is 5.85. The van der Waals surface area contributed by atoms with Crippen LogP contribution in [0.5, 0.6) is 0 Å². The summed E-state index contributed by atoms with van der Waals surface area (Å²) in [4.78, 5) is 15.0. The van der Waals surface area contributed by atoms with Gasteiger partial charge < -0.3 is 10.2 Å². The fourth-order valence-electron chi connectivity index (χ4n) is 3.56. The number of rotatable bonds is 4. The molecular formula is C18H25FN2O. The van der Waals surface area contributed by atoms with Crippen molar-refractivity contribution < 1.29 is 9.18 Å². The summed E-state index contributed by atoms with van der Waals surface area (Å²) < 4.78 is 13.3. The van der Waals surface area contributed by atoms with Crippen LogP contribution in [0.3, 0.4) is 0 Å². The maximum Gasteiger partial charge on any atom is 0.226 e. The molecule has 0 spiro atoms. The number of halogens is 1. The second-order valence-corrected chi connectivity index (χ2v) is 7.20. The van der Waals surface area contributed by atoms with Gasteiger partial charge in [-0.3, -0.25) is 4.79 Å². The number of piperidine rings is 1. The molecule has 1 N–H and O–H groups in total. The lowest BCUT2D eigenvalue weighted by molar-refractivity contribution is -0.127. The lowest BCUT2D eigenvalue weighted by Gasteiger charge is -2.36. The number of nitrogens with zero attached hydrogens (tertiary/aromatic N) is 1. The van der Waals surface area contributed by atoms with Gasteiger partial charge in [0.15, 0.2) is 0 Å². The van der Waals surface area contributed by atoms with Gasteiger partial charge in [-0.1, -0.05) is 19.1 Å². The average molecular weight is 304 g/mol. The fourth-order valence-corrected chi connectivity index (χ4v) is 3.56. The Hall–Kier alpha value is -1.42. The summed E-state index contributed by atoms with van der Waals surface area (Å²) in [6.45, 7) is 4.26. The van der Waals surface area contributed by atoms with Gasteiger partial charge in [-0.15, -0.1) is 0 Å². The summed E-state index contributed by atoms with van der Waals surface area (Å²) in [6.07, 6.45) is 3.49. The van der Waals surface area contributed by atoms with Crippen molar-refractivity contribution >= 4 is 5.91 Å². The van der Waals surface area contributed by atoms with Gasteiger partial charge >= 0.3 is 0 Å². The average Bonchev–Trinajstić information content (AvgIpc) is 3.23. The lowest BCUT2D eigenvalue weighted by Crippen LogP contribution is -2.50. The summed E-state index contributed by atoms with van der Waals surface area (Å²) in [5.41, 5.74) is 0.626. The van der Waals surface area contributed by atoms with Crippen molar-refractivity contribution in [3.8, 4) is 0 Å². The van der Waals surface area contributed by atoms with E-state index >= 15 is 0 Å². The Kier molecular flexibility index (Phi) is 4.22. The summed E-state index contributed by atoms with van der Waals surface area (Å²) in [6, 6.07) is 6.90. The number of carbonyl (C=O) groups is 1. The van der Waals surface area contributed by atoms with E-state index < -0.39 is 0 Å². The zero-order valence-corrected chi connectivity index (χ0v) is 13.4. The molecule has 4 heteroatoms. The summed E-state index contributed by atoms with van der Waals surface area (Å²) >= 11 is 0. The minimum absolute atomic E-state index is 0.165. The van der Waals surface area contributed by atoms with E-state index in [2.05, 4.69) is 24.2 Å². The smallest absolute Gasteiger partial charge is 0.226 e. The van der Waals surface area contributed by atoms with Crippen LogP contribution in [0.4, 0.5) is 4.39 Å². The quantitative estimate of drug-likeness (QED) is 0.927. The molecule has 1 heterocycles. The van der Waals surface area contributed by atoms with Crippen LogP contribution in [0, 0.1) is 17.2 Å². The number of benzene rings is 1. The van der Waals surface area contributed by atoms with E-state index in [9.17, 15) is 9.18 Å². The molecule has 2 atom stereocenters. The predicted octanol–water partition coefficient (Wildman–Crippen LogP) is 2.60. The zero-order chi connectivity index (χ0) is 15.7. The molecule has 1 aliphatic heterocycles. The second-order valence-electron chi connectivity index (χ2n) is 7.20. The fraction of sp³-hybridized carbons (Fsp3) is 0.611. The summed E-state index contributed by atoms with van der Waals surface area (Å²) in [5, 5.41) is 3.27. The van der Waals surface area contributed by atoms with E-state index in [1.165, 1.54) is 6.07 Å². The van der Waals surface area contributed by atoms with Crippen molar-refractivity contribution in [2.75, 3.05) is 20.1 Å². The SMILES string of the molecule is C[C@H]1CN(C)CC[C@@H]1NC(=O)C1(Cc2cccc(F)c2)CC1. The van der Waals surface area contributed by atoms with Crippen LogP contribution >= 0.6 is 0 Å². The first kappa shape index (κ1) is 15.5. The molecule has 3 rings (SSSR count). The van der Waals surface area contributed by atoms with Gasteiger partial charge in [0.1, 0.15) is 5.82 Å². The first-order valence-corrected chi connectivity index (χ1v) is 8.22. The first-order valence-electron chi connectivity index (χ1n) is 8.22. The van der Waals surface area contributed by atoms with Crippen molar-refractivity contribution in [3.05, 3.63) is 35.6 Å². The molecule has 2 fully saturated rings. The zero-order valence-electron chi connectivity index (χ0n) is 13.4. The monoisotopic (exact) mass is 304 g/mol. The maximum atomic E-state index is 13.3. The highest BCUT2D eigenvalue weighted by Gasteiger charge is 2.50. The Bertz CT molecular complexity index is 556. The number of nitrogens with one attached hydrogen (secondary N) is 1. The largest absolute Gasteiger partial charge is 0.353 e. The van der Waals surface area contributed by atoms with Crippen molar-refractivity contribution in [2.24, 2.45) is 11.3 Å². The molecular weight excluding hydrogens is 279 g/mol. The minimum atomic E-state index is -0.295. The van der Waals surface area contributed by atoms with Crippen LogP contribution < -0.4 is 5.32 Å². The third kappa shape index (κ3) is 3.32. The van der Waals surface area contributed by atoms with Gasteiger partial charge in [-0.2, -0.15) is 0 Å². The third-order valence-electron chi connectivity index (χ3n) is 5.19. The number of hydrogen-bond donors (Lipinski definition) is 1. The highest BCUT2D eigenvalue weighted by Crippen LogP contribution is 2.49. The van der Waals surface area contributed by atoms with E-state index in [4.69, 9.17) is 0 Å². The molecule has 0 bridgehead atoms. The van der Waals surface area contributed by atoms with Gasteiger partial charge in [0.2, 0.25) is 5.91 Å². The van der Waals surface area contributed by atoms with Crippen molar-refractivity contribution in [2.45, 2.75) is 38.6 Å². The third-order valence-corrected chi connectivity index (χ3v) is 5.19. The Morgan fingerprint density at radius 3 is 2.86 bits per heavy atom. The summed E-state index contributed by atoms with van der Waals surface area (Å²) in [5.74, 6) is 0.420. The van der Waals surface area contributed by atoms with Gasteiger partial charge in [0.05, 0.1) is 5.41 Å². The Labute approximate surface area is 131 Å². The van der Waals surface area contributed by atoms with Gasteiger partial charge in [0.25, 0.3) is 0 Å². The molecule has 22 heavy (non-hydrogen) atoms. The molecule has 0 unspecified atom stereocenters. The van der Waals surface area contributed by atoms with Crippen LogP contribution in [-0.4, -0.2) is 37.0 Å². The molecule has 1 aromatic carbocycles. The minimum Gasteiger partial charge on any atom is -0.353 e. The molecule has 1 amide bonds. The molecule has 1 saturated carbocycles. The second kappa shape index (κ2) is 5.99. The van der Waals surface area contributed by atoms with Crippen LogP contribution in [-0.2, 0) is 11.2 Å². The van der Waals surface area contributed by atoms with E-state index in [1.54, 1.807) is 12.1 Å². The standard InChI is InChI=1S/C18H25FN2O/c1-13-12-21(2)9-6-16(13)20-17(22)18(7-8-18)11-14-4-3-5-15(19)10-14/h3-5,10,13,16H,6-9,11-12H2,1-2H3,(H,20,22)/t13-,16-/m0/s1. The van der Waals surface area contributed by atoms with E-state index in [-0.39, 0.29) is 23.2 Å². The molecule has 1 saturated heterocycles. The number of carbonyl (C=O) groups excluding carboxylic acids is 1. The van der Waals surface area contributed by atoms with E-state index in [0.29, 0.717) is 12.3 Å². The molecule has 1 aromatic rings. The first-order chi connectivity index (χ1) is 10.5. The van der Waals surface area contributed by atoms with E-state index in [0.717, 1.165) is 37.9 Å². The Morgan fingerprint density at radius 1 is 1.45 bits per heavy atom. The van der Waals surface area contributed by atoms with Gasteiger partial charge in [-0.05, 0) is 62.9 Å². The van der Waals surface area contributed by atoms with Crippen LogP contribution in [0.15, 0.2) is 24.3 Å². The molecule has 3 nitrogen and oxygen atoms in total. The molecule has 0 aromatic heterocycles. The van der Waals surface area contributed by atoms with Crippen molar-refractivity contribution in [1.82, 2.24) is 10.2 Å². The topological polar surface area (TPSA) is 32.3 Å². The Balaban J connectivity index is 1.62. The number of likely N-dealkylation sites (tertiary alicyclic amines) is 1.